The normalized spacial score (nSPS) is 20.7. The summed E-state index contributed by atoms with van der Waals surface area (Å²) in [4.78, 5) is 30.6. The number of rotatable bonds is 5. The third-order valence-electron chi connectivity index (χ3n) is 5.58. The lowest BCUT2D eigenvalue weighted by atomic mass is 9.93. The Kier molecular flexibility index (Phi) is 4.50. The van der Waals surface area contributed by atoms with E-state index in [4.69, 9.17) is 5.73 Å². The van der Waals surface area contributed by atoms with Gasteiger partial charge >= 0.3 is 0 Å². The van der Waals surface area contributed by atoms with Gasteiger partial charge in [-0.05, 0) is 72.3 Å². The third kappa shape index (κ3) is 3.24. The van der Waals surface area contributed by atoms with Gasteiger partial charge in [0.05, 0.1) is 5.56 Å². The minimum Gasteiger partial charge on any atom is -0.366 e. The van der Waals surface area contributed by atoms with Crippen LogP contribution in [0.5, 0.6) is 0 Å². The third-order valence-corrected chi connectivity index (χ3v) is 6.32. The maximum atomic E-state index is 13.2. The van der Waals surface area contributed by atoms with E-state index in [-0.39, 0.29) is 17.4 Å². The number of hydrogen-bond donors (Lipinski definition) is 2. The van der Waals surface area contributed by atoms with Crippen molar-refractivity contribution in [3.63, 3.8) is 0 Å². The molecule has 2 amide bonds. The summed E-state index contributed by atoms with van der Waals surface area (Å²) in [5.74, 6) is -0.616. The molecule has 0 bridgehead atoms. The minimum atomic E-state index is -0.539. The number of hydrogen-bond acceptors (Lipinski definition) is 5. The summed E-state index contributed by atoms with van der Waals surface area (Å²) in [5.41, 5.74) is 7.34. The molecular weight excluding hydrogens is 348 g/mol. The van der Waals surface area contributed by atoms with E-state index < -0.39 is 5.91 Å². The molecule has 1 aliphatic heterocycles. The lowest BCUT2D eigenvalue weighted by molar-refractivity contribution is 0.0686. The molecule has 3 heterocycles. The number of nitrogens with one attached hydrogen (secondary N) is 1. The molecule has 1 saturated carbocycles. The molecule has 1 spiro atoms. The van der Waals surface area contributed by atoms with E-state index in [9.17, 15) is 9.59 Å². The van der Waals surface area contributed by atoms with Crippen molar-refractivity contribution in [2.75, 3.05) is 13.1 Å². The van der Waals surface area contributed by atoms with Gasteiger partial charge in [0.2, 0.25) is 5.91 Å². The number of primary amides is 1. The lowest BCUT2D eigenvalue weighted by Crippen LogP contribution is -2.39. The highest BCUT2D eigenvalue weighted by molar-refractivity contribution is 7.07. The summed E-state index contributed by atoms with van der Waals surface area (Å²) in [5, 5.41) is 7.52. The number of nitrogens with zero attached hydrogens (tertiary/aromatic N) is 2. The average Bonchev–Trinajstić information content (AvgIpc) is 3.08. The van der Waals surface area contributed by atoms with Crippen molar-refractivity contribution in [3.8, 4) is 0 Å². The van der Waals surface area contributed by atoms with Crippen LogP contribution in [0.15, 0.2) is 35.2 Å². The maximum absolute atomic E-state index is 13.2. The van der Waals surface area contributed by atoms with Gasteiger partial charge in [0.15, 0.2) is 0 Å². The average molecular weight is 370 g/mol. The molecular formula is C19H22N4O2S. The molecule has 1 atom stereocenters. The zero-order valence-corrected chi connectivity index (χ0v) is 15.3. The molecule has 1 aliphatic carbocycles. The van der Waals surface area contributed by atoms with E-state index in [2.05, 4.69) is 21.7 Å². The molecule has 3 N–H and O–H groups in total. The van der Waals surface area contributed by atoms with Crippen LogP contribution in [0.25, 0.3) is 0 Å². The molecule has 4 rings (SSSR count). The van der Waals surface area contributed by atoms with E-state index in [0.29, 0.717) is 17.8 Å². The van der Waals surface area contributed by atoms with Gasteiger partial charge in [-0.15, -0.1) is 0 Å². The van der Waals surface area contributed by atoms with Gasteiger partial charge < -0.3 is 16.0 Å². The predicted octanol–water partition coefficient (Wildman–Crippen LogP) is 2.03. The first-order valence-corrected chi connectivity index (χ1v) is 9.82. The summed E-state index contributed by atoms with van der Waals surface area (Å²) >= 11 is 1.64. The minimum absolute atomic E-state index is 0.0763. The van der Waals surface area contributed by atoms with Gasteiger partial charge in [0.25, 0.3) is 5.91 Å². The number of nitrogens with two attached hydrogens (primary N) is 1. The van der Waals surface area contributed by atoms with Crippen molar-refractivity contribution in [2.45, 2.75) is 31.8 Å². The molecule has 136 valence electrons. The topological polar surface area (TPSA) is 88.3 Å². The second-order valence-corrected chi connectivity index (χ2v) is 7.97. The van der Waals surface area contributed by atoms with Crippen LogP contribution in [-0.2, 0) is 6.54 Å². The van der Waals surface area contributed by atoms with Crippen LogP contribution in [0.2, 0.25) is 0 Å². The Balaban J connectivity index is 1.58. The molecule has 0 aromatic carbocycles. The zero-order valence-electron chi connectivity index (χ0n) is 14.5. The van der Waals surface area contributed by atoms with Gasteiger partial charge in [-0.1, -0.05) is 0 Å². The smallest absolute Gasteiger partial charge is 0.273 e. The Hall–Kier alpha value is -2.25. The first kappa shape index (κ1) is 17.2. The van der Waals surface area contributed by atoms with Crippen LogP contribution in [-0.4, -0.2) is 40.8 Å². The van der Waals surface area contributed by atoms with Crippen LogP contribution in [0.1, 0.15) is 45.7 Å². The molecule has 2 aromatic rings. The molecule has 0 radical (unpaired) electrons. The number of carbonyl (C=O) groups excluding carboxylic acids is 2. The van der Waals surface area contributed by atoms with Crippen LogP contribution < -0.4 is 11.1 Å². The molecule has 0 unspecified atom stereocenters. The predicted molar refractivity (Wildman–Crippen MR) is 99.9 cm³/mol. The Morgan fingerprint density at radius 1 is 1.31 bits per heavy atom. The molecule has 1 saturated heterocycles. The van der Waals surface area contributed by atoms with Gasteiger partial charge in [0.1, 0.15) is 5.69 Å². The van der Waals surface area contributed by atoms with Crippen LogP contribution in [0.3, 0.4) is 0 Å². The van der Waals surface area contributed by atoms with Gasteiger partial charge in [-0.25, -0.2) is 0 Å². The van der Waals surface area contributed by atoms with Gasteiger partial charge in [-0.2, -0.15) is 11.3 Å². The van der Waals surface area contributed by atoms with Crippen molar-refractivity contribution in [2.24, 2.45) is 11.1 Å². The first-order valence-electron chi connectivity index (χ1n) is 8.88. The number of aromatic nitrogens is 1. The molecule has 2 aliphatic rings. The van der Waals surface area contributed by atoms with Crippen LogP contribution >= 0.6 is 11.3 Å². The number of pyridine rings is 1. The zero-order chi connectivity index (χ0) is 18.1. The van der Waals surface area contributed by atoms with Crippen LogP contribution in [0, 0.1) is 5.41 Å². The standard InChI is InChI=1S/C19H22N4O2S/c20-17(24)14-1-2-15(22-10-14)18(25)23(11-13-3-8-26-12-13)16-9-19(16)4-6-21-7-5-19/h1-3,8,10,12,16,21H,4-7,9,11H2,(H2,20,24)/t16-/m0/s1. The highest BCUT2D eigenvalue weighted by atomic mass is 32.1. The molecule has 26 heavy (non-hydrogen) atoms. The highest BCUT2D eigenvalue weighted by Gasteiger charge is 2.57. The fourth-order valence-corrected chi connectivity index (χ4v) is 4.60. The van der Waals surface area contributed by atoms with E-state index in [1.54, 1.807) is 23.5 Å². The number of amides is 2. The van der Waals surface area contributed by atoms with Gasteiger partial charge in [0, 0.05) is 18.8 Å². The van der Waals surface area contributed by atoms with Crippen molar-refractivity contribution < 1.29 is 9.59 Å². The monoisotopic (exact) mass is 370 g/mol. The Bertz CT molecular complexity index is 797. The second kappa shape index (κ2) is 6.81. The van der Waals surface area contributed by atoms with Crippen molar-refractivity contribution in [1.29, 1.82) is 0 Å². The number of carbonyl (C=O) groups is 2. The molecule has 6 nitrogen and oxygen atoms in total. The SMILES string of the molecule is NC(=O)c1ccc(C(=O)N(Cc2ccsc2)[C@H]2CC23CCNCC3)nc1. The van der Waals surface area contributed by atoms with E-state index >= 15 is 0 Å². The van der Waals surface area contributed by atoms with Crippen molar-refractivity contribution >= 4 is 23.2 Å². The molecule has 2 fully saturated rings. The summed E-state index contributed by atoms with van der Waals surface area (Å²) in [7, 11) is 0. The van der Waals surface area contributed by atoms with Crippen LogP contribution in [0.4, 0.5) is 0 Å². The fraction of sp³-hybridized carbons (Fsp3) is 0.421. The number of piperidine rings is 1. The molecule has 2 aromatic heterocycles. The quantitative estimate of drug-likeness (QED) is 0.843. The van der Waals surface area contributed by atoms with Gasteiger partial charge in [-0.3, -0.25) is 14.6 Å². The van der Waals surface area contributed by atoms with E-state index in [1.165, 1.54) is 6.20 Å². The lowest BCUT2D eigenvalue weighted by Gasteiger charge is -2.29. The van der Waals surface area contributed by atoms with Crippen molar-refractivity contribution in [3.05, 3.63) is 52.0 Å². The fourth-order valence-electron chi connectivity index (χ4n) is 3.95. The Morgan fingerprint density at radius 3 is 2.73 bits per heavy atom. The van der Waals surface area contributed by atoms with E-state index in [1.807, 2.05) is 10.3 Å². The number of thiophene rings is 1. The van der Waals surface area contributed by atoms with Crippen molar-refractivity contribution in [1.82, 2.24) is 15.2 Å². The summed E-state index contributed by atoms with van der Waals surface area (Å²) in [6.45, 7) is 2.63. The maximum Gasteiger partial charge on any atom is 0.273 e. The summed E-state index contributed by atoms with van der Waals surface area (Å²) < 4.78 is 0. The largest absolute Gasteiger partial charge is 0.366 e. The Labute approximate surface area is 156 Å². The highest BCUT2D eigenvalue weighted by Crippen LogP contribution is 2.56. The summed E-state index contributed by atoms with van der Waals surface area (Å²) in [6.07, 6.45) is 4.66. The second-order valence-electron chi connectivity index (χ2n) is 7.19. The van der Waals surface area contributed by atoms with E-state index in [0.717, 1.165) is 37.9 Å². The Morgan fingerprint density at radius 2 is 2.12 bits per heavy atom. The first-order chi connectivity index (χ1) is 12.6. The summed E-state index contributed by atoms with van der Waals surface area (Å²) in [6, 6.07) is 5.49. The molecule has 7 heteroatoms.